The summed E-state index contributed by atoms with van der Waals surface area (Å²) in [5.41, 5.74) is 1.95. The van der Waals surface area contributed by atoms with Crippen molar-refractivity contribution in [1.29, 1.82) is 0 Å². The number of aromatic nitrogens is 3. The van der Waals surface area contributed by atoms with E-state index in [4.69, 9.17) is 4.74 Å². The van der Waals surface area contributed by atoms with Gasteiger partial charge in [-0.1, -0.05) is 0 Å². The van der Waals surface area contributed by atoms with Gasteiger partial charge in [-0.3, -0.25) is 14.9 Å². The summed E-state index contributed by atoms with van der Waals surface area (Å²) in [6.07, 6.45) is 1.46. The molecule has 0 aliphatic carbocycles. The topological polar surface area (TPSA) is 115 Å². The van der Waals surface area contributed by atoms with Gasteiger partial charge in [-0.15, -0.1) is 0 Å². The van der Waals surface area contributed by atoms with E-state index < -0.39 is 4.92 Å². The summed E-state index contributed by atoms with van der Waals surface area (Å²) >= 11 is 0. The predicted octanol–water partition coefficient (Wildman–Crippen LogP) is 2.99. The second-order valence-electron chi connectivity index (χ2n) is 6.13. The van der Waals surface area contributed by atoms with Gasteiger partial charge >= 0.3 is 0 Å². The van der Waals surface area contributed by atoms with E-state index >= 15 is 0 Å². The van der Waals surface area contributed by atoms with Crippen LogP contribution in [0.3, 0.4) is 0 Å². The number of nitro groups is 1. The Morgan fingerprint density at radius 3 is 2.68 bits per heavy atom. The van der Waals surface area contributed by atoms with Crippen LogP contribution in [-0.4, -0.2) is 32.9 Å². The third-order valence-electron chi connectivity index (χ3n) is 4.39. The lowest BCUT2D eigenvalue weighted by Crippen LogP contribution is -2.20. The highest BCUT2D eigenvalue weighted by Gasteiger charge is 2.14. The summed E-state index contributed by atoms with van der Waals surface area (Å²) in [7, 11) is 1.58. The van der Waals surface area contributed by atoms with Crippen molar-refractivity contribution in [2.24, 2.45) is 5.10 Å². The number of ether oxygens (including phenoxy) is 1. The zero-order valence-electron chi connectivity index (χ0n) is 15.0. The molecule has 4 rings (SSSR count). The van der Waals surface area contributed by atoms with Crippen LogP contribution in [0.15, 0.2) is 52.4 Å². The maximum atomic E-state index is 12.9. The molecule has 2 aromatic carbocycles. The summed E-state index contributed by atoms with van der Waals surface area (Å²) in [6, 6.07) is 11.3. The minimum absolute atomic E-state index is 0.0120. The van der Waals surface area contributed by atoms with Crippen LogP contribution in [0.2, 0.25) is 0 Å². The maximum absolute atomic E-state index is 12.9. The van der Waals surface area contributed by atoms with Gasteiger partial charge < -0.3 is 9.72 Å². The average molecular weight is 377 g/mol. The van der Waals surface area contributed by atoms with Crippen LogP contribution in [0, 0.1) is 17.0 Å². The normalized spacial score (nSPS) is 11.5. The minimum atomic E-state index is -0.474. The Morgan fingerprint density at radius 1 is 1.25 bits per heavy atom. The van der Waals surface area contributed by atoms with E-state index in [2.05, 4.69) is 15.1 Å². The van der Waals surface area contributed by atoms with Crippen molar-refractivity contribution < 1.29 is 9.66 Å². The molecule has 0 spiro atoms. The Balaban J connectivity index is 1.80. The third-order valence-corrected chi connectivity index (χ3v) is 4.39. The maximum Gasteiger partial charge on any atom is 0.298 e. The average Bonchev–Trinajstić information content (AvgIpc) is 3.06. The van der Waals surface area contributed by atoms with Crippen molar-refractivity contribution in [2.75, 3.05) is 7.11 Å². The molecule has 0 unspecified atom stereocenters. The summed E-state index contributed by atoms with van der Waals surface area (Å²) in [6.45, 7) is 1.69. The van der Waals surface area contributed by atoms with E-state index in [-0.39, 0.29) is 11.2 Å². The number of nitrogens with zero attached hydrogens (tertiary/aromatic N) is 4. The number of fused-ring (bicyclic) bond motifs is 3. The molecule has 9 heteroatoms. The van der Waals surface area contributed by atoms with Crippen LogP contribution in [0.25, 0.3) is 21.9 Å². The second kappa shape index (κ2) is 6.62. The van der Waals surface area contributed by atoms with E-state index in [1.165, 1.54) is 23.0 Å². The molecule has 0 aliphatic heterocycles. The van der Waals surface area contributed by atoms with Crippen LogP contribution in [0.5, 0.6) is 5.75 Å². The van der Waals surface area contributed by atoms with Gasteiger partial charge in [-0.25, -0.2) is 4.98 Å². The van der Waals surface area contributed by atoms with Gasteiger partial charge in [0, 0.05) is 23.0 Å². The van der Waals surface area contributed by atoms with Crippen LogP contribution in [0.4, 0.5) is 5.69 Å². The van der Waals surface area contributed by atoms with Gasteiger partial charge in [0.1, 0.15) is 22.6 Å². The van der Waals surface area contributed by atoms with E-state index in [1.54, 1.807) is 32.2 Å². The van der Waals surface area contributed by atoms with Crippen molar-refractivity contribution >= 4 is 33.8 Å². The lowest BCUT2D eigenvalue weighted by Gasteiger charge is -2.03. The number of non-ortho nitro benzene ring substituents is 1. The standard InChI is InChI=1S/C19H15N5O4/c1-11-21-17-15-9-14(28-2)7-8-16(15)22-18(17)19(25)23(11)20-10-12-3-5-13(6-4-12)24(26)27/h3-10,22H,1-2H3. The quantitative estimate of drug-likeness (QED) is 0.333. The number of aromatic amines is 1. The van der Waals surface area contributed by atoms with E-state index in [0.717, 1.165) is 10.9 Å². The molecule has 0 atom stereocenters. The van der Waals surface area contributed by atoms with Gasteiger partial charge in [0.2, 0.25) is 0 Å². The Morgan fingerprint density at radius 2 is 2.00 bits per heavy atom. The molecular formula is C19H15N5O4. The van der Waals surface area contributed by atoms with E-state index in [0.29, 0.717) is 28.2 Å². The Kier molecular flexibility index (Phi) is 4.11. The lowest BCUT2D eigenvalue weighted by molar-refractivity contribution is -0.384. The summed E-state index contributed by atoms with van der Waals surface area (Å²) in [4.78, 5) is 30.8. The zero-order valence-corrected chi connectivity index (χ0v) is 15.0. The number of rotatable bonds is 4. The number of methoxy groups -OCH3 is 1. The molecule has 140 valence electrons. The van der Waals surface area contributed by atoms with E-state index in [1.807, 2.05) is 12.1 Å². The molecule has 0 radical (unpaired) electrons. The van der Waals surface area contributed by atoms with Crippen molar-refractivity contribution in [1.82, 2.24) is 14.6 Å². The fourth-order valence-corrected chi connectivity index (χ4v) is 2.96. The zero-order chi connectivity index (χ0) is 19.8. The highest BCUT2D eigenvalue weighted by Crippen LogP contribution is 2.26. The van der Waals surface area contributed by atoms with Crippen LogP contribution < -0.4 is 10.3 Å². The fraction of sp³-hybridized carbons (Fsp3) is 0.105. The Hall–Kier alpha value is -4.01. The largest absolute Gasteiger partial charge is 0.497 e. The Bertz CT molecular complexity index is 1300. The SMILES string of the molecule is COc1ccc2[nH]c3c(=O)n(N=Cc4ccc([N+](=O)[O-])cc4)c(C)nc3c2c1. The fourth-order valence-electron chi connectivity index (χ4n) is 2.96. The number of aryl methyl sites for hydroxylation is 1. The van der Waals surface area contributed by atoms with Gasteiger partial charge in [0.05, 0.1) is 18.2 Å². The van der Waals surface area contributed by atoms with Crippen LogP contribution in [-0.2, 0) is 0 Å². The number of hydrogen-bond acceptors (Lipinski definition) is 6. The number of hydrogen-bond donors (Lipinski definition) is 1. The molecule has 0 amide bonds. The van der Waals surface area contributed by atoms with Crippen molar-refractivity contribution in [3.05, 3.63) is 74.3 Å². The molecule has 0 fully saturated rings. The van der Waals surface area contributed by atoms with Gasteiger partial charge in [-0.2, -0.15) is 9.78 Å². The first-order valence-electron chi connectivity index (χ1n) is 8.36. The molecule has 2 aromatic heterocycles. The van der Waals surface area contributed by atoms with Crippen LogP contribution >= 0.6 is 0 Å². The Labute approximate surface area is 158 Å². The van der Waals surface area contributed by atoms with Gasteiger partial charge in [0.25, 0.3) is 11.2 Å². The monoisotopic (exact) mass is 377 g/mol. The molecule has 0 saturated heterocycles. The van der Waals surface area contributed by atoms with Crippen molar-refractivity contribution in [3.63, 3.8) is 0 Å². The first-order chi connectivity index (χ1) is 13.5. The molecule has 4 aromatic rings. The molecule has 0 saturated carbocycles. The second-order valence-corrected chi connectivity index (χ2v) is 6.13. The van der Waals surface area contributed by atoms with Crippen molar-refractivity contribution in [2.45, 2.75) is 6.92 Å². The summed E-state index contributed by atoms with van der Waals surface area (Å²) < 4.78 is 6.44. The molecule has 1 N–H and O–H groups in total. The molecule has 9 nitrogen and oxygen atoms in total. The number of nitro benzene ring substituents is 1. The molecule has 28 heavy (non-hydrogen) atoms. The highest BCUT2D eigenvalue weighted by molar-refractivity contribution is 6.05. The van der Waals surface area contributed by atoms with Crippen molar-refractivity contribution in [3.8, 4) is 5.75 Å². The predicted molar refractivity (Wildman–Crippen MR) is 105 cm³/mol. The number of nitrogens with one attached hydrogen (secondary N) is 1. The first-order valence-corrected chi connectivity index (χ1v) is 8.36. The molecular weight excluding hydrogens is 362 g/mol. The smallest absolute Gasteiger partial charge is 0.298 e. The summed E-state index contributed by atoms with van der Waals surface area (Å²) in [5, 5.41) is 15.7. The van der Waals surface area contributed by atoms with Gasteiger partial charge in [0.15, 0.2) is 0 Å². The third kappa shape index (κ3) is 2.88. The highest BCUT2D eigenvalue weighted by atomic mass is 16.6. The van der Waals surface area contributed by atoms with Gasteiger partial charge in [-0.05, 0) is 42.8 Å². The molecule has 0 aliphatic rings. The molecule has 2 heterocycles. The van der Waals surface area contributed by atoms with Crippen LogP contribution in [0.1, 0.15) is 11.4 Å². The first kappa shape index (κ1) is 17.4. The molecule has 0 bridgehead atoms. The minimum Gasteiger partial charge on any atom is -0.497 e. The lowest BCUT2D eigenvalue weighted by atomic mass is 10.2. The number of benzene rings is 2. The number of H-pyrrole nitrogens is 1. The summed E-state index contributed by atoms with van der Waals surface area (Å²) in [5.74, 6) is 1.09. The van der Waals surface area contributed by atoms with E-state index in [9.17, 15) is 14.9 Å².